The summed E-state index contributed by atoms with van der Waals surface area (Å²) in [5.41, 5.74) is 0.491. The molecule has 0 saturated heterocycles. The topological polar surface area (TPSA) is 47.1 Å². The number of nitrogens with one attached hydrogen (secondary N) is 1. The summed E-state index contributed by atoms with van der Waals surface area (Å²) in [6, 6.07) is 2.91. The molecule has 1 aliphatic rings. The molecule has 1 saturated carbocycles. The lowest BCUT2D eigenvalue weighted by Crippen LogP contribution is -2.20. The summed E-state index contributed by atoms with van der Waals surface area (Å²) in [5, 5.41) is 0.392. The van der Waals surface area contributed by atoms with Gasteiger partial charge in [-0.25, -0.2) is 4.98 Å². The molecule has 1 fully saturated rings. The van der Waals surface area contributed by atoms with Crippen molar-refractivity contribution in [2.24, 2.45) is 5.92 Å². The monoisotopic (exact) mass is 354 g/mol. The summed E-state index contributed by atoms with van der Waals surface area (Å²) < 4.78 is 35.7. The van der Waals surface area contributed by atoms with Gasteiger partial charge >= 0.3 is 6.61 Å². The van der Waals surface area contributed by atoms with Gasteiger partial charge in [-0.1, -0.05) is 18.0 Å². The van der Waals surface area contributed by atoms with E-state index in [4.69, 9.17) is 16.3 Å². The molecule has 1 aromatic heterocycles. The van der Waals surface area contributed by atoms with Gasteiger partial charge in [-0.05, 0) is 43.0 Å². The van der Waals surface area contributed by atoms with Crippen molar-refractivity contribution >= 4 is 23.8 Å². The first-order valence-electron chi connectivity index (χ1n) is 7.71. The Bertz CT molecular complexity index is 701. The van der Waals surface area contributed by atoms with E-state index in [1.54, 1.807) is 24.5 Å². The summed E-state index contributed by atoms with van der Waals surface area (Å²) in [4.78, 5) is 7.01. The number of ether oxygens (including phenoxy) is 2. The van der Waals surface area contributed by atoms with Gasteiger partial charge in [0.25, 0.3) is 0 Å². The Hall–Kier alpha value is -2.08. The minimum Gasteiger partial charge on any atom is -0.489 e. The highest BCUT2D eigenvalue weighted by Gasteiger charge is 2.21. The molecule has 7 heteroatoms. The van der Waals surface area contributed by atoms with Crippen molar-refractivity contribution in [1.29, 1.82) is 0 Å². The first-order chi connectivity index (χ1) is 11.6. The third kappa shape index (κ3) is 4.06. The van der Waals surface area contributed by atoms with Crippen molar-refractivity contribution in [3.8, 4) is 11.5 Å². The van der Waals surface area contributed by atoms with Gasteiger partial charge in [0, 0.05) is 18.0 Å². The minimum atomic E-state index is -2.93. The van der Waals surface area contributed by atoms with Crippen LogP contribution in [0.3, 0.4) is 0 Å². The summed E-state index contributed by atoms with van der Waals surface area (Å²) in [6.45, 7) is -2.47. The second-order valence-electron chi connectivity index (χ2n) is 5.58. The molecule has 24 heavy (non-hydrogen) atoms. The molecule has 1 aliphatic carbocycles. The molecule has 2 aromatic rings. The van der Waals surface area contributed by atoms with Crippen LogP contribution < -0.4 is 9.47 Å². The van der Waals surface area contributed by atoms with E-state index in [2.05, 4.69) is 14.7 Å². The van der Waals surface area contributed by atoms with E-state index in [0.717, 1.165) is 12.8 Å². The minimum absolute atomic E-state index is 0.0205. The highest BCUT2D eigenvalue weighted by atomic mass is 35.5. The van der Waals surface area contributed by atoms with Crippen LogP contribution in [0.2, 0.25) is 5.02 Å². The van der Waals surface area contributed by atoms with Gasteiger partial charge in [0.2, 0.25) is 0 Å². The Labute approximate surface area is 143 Å². The second-order valence-corrected chi connectivity index (χ2v) is 5.99. The lowest BCUT2D eigenvalue weighted by molar-refractivity contribution is -0.0517. The maximum Gasteiger partial charge on any atom is 0.387 e. The van der Waals surface area contributed by atoms with Gasteiger partial charge in [0.15, 0.2) is 11.5 Å². The van der Waals surface area contributed by atoms with Crippen molar-refractivity contribution in [2.45, 2.75) is 25.9 Å². The van der Waals surface area contributed by atoms with Gasteiger partial charge in [-0.2, -0.15) is 8.78 Å². The summed E-state index contributed by atoms with van der Waals surface area (Å²) >= 11 is 6.24. The molecular weight excluding hydrogens is 338 g/mol. The number of imidazole rings is 1. The highest BCUT2D eigenvalue weighted by molar-refractivity contribution is 6.32. The third-order valence-corrected chi connectivity index (χ3v) is 4.27. The lowest BCUT2D eigenvalue weighted by atomic mass is 9.86. The number of aromatic amines is 1. The lowest BCUT2D eigenvalue weighted by Gasteiger charge is -2.26. The van der Waals surface area contributed by atoms with E-state index in [9.17, 15) is 8.78 Å². The molecule has 1 N–H and O–H groups in total. The molecule has 0 spiro atoms. The van der Waals surface area contributed by atoms with Gasteiger partial charge in [0.05, 0.1) is 11.6 Å². The van der Waals surface area contributed by atoms with Crippen LogP contribution in [0.15, 0.2) is 24.5 Å². The molecule has 0 amide bonds. The van der Waals surface area contributed by atoms with Crippen LogP contribution in [0.1, 0.15) is 30.7 Å². The molecule has 0 unspecified atom stereocenters. The largest absolute Gasteiger partial charge is 0.489 e. The summed E-state index contributed by atoms with van der Waals surface area (Å²) in [7, 11) is 0. The van der Waals surface area contributed by atoms with Crippen LogP contribution in [-0.2, 0) is 0 Å². The predicted octanol–water partition coefficient (Wildman–Crippen LogP) is 5.01. The van der Waals surface area contributed by atoms with Crippen molar-refractivity contribution < 1.29 is 18.3 Å². The molecule has 1 aromatic carbocycles. The van der Waals surface area contributed by atoms with E-state index in [1.165, 1.54) is 18.6 Å². The van der Waals surface area contributed by atoms with Gasteiger partial charge in [-0.3, -0.25) is 0 Å². The average Bonchev–Trinajstić information content (AvgIpc) is 3.00. The normalized spacial score (nSPS) is 15.0. The molecule has 0 bridgehead atoms. The number of nitrogens with zero attached hydrogens (tertiary/aromatic N) is 1. The zero-order chi connectivity index (χ0) is 16.9. The quantitative estimate of drug-likeness (QED) is 0.760. The summed E-state index contributed by atoms with van der Waals surface area (Å²) in [5.74, 6) is 1.28. The van der Waals surface area contributed by atoms with Crippen LogP contribution in [0.25, 0.3) is 12.2 Å². The maximum absolute atomic E-state index is 12.7. The number of hydrogen-bond donors (Lipinski definition) is 1. The number of H-pyrrole nitrogens is 1. The van der Waals surface area contributed by atoms with E-state index < -0.39 is 6.61 Å². The van der Waals surface area contributed by atoms with Gasteiger partial charge in [0.1, 0.15) is 5.82 Å². The van der Waals surface area contributed by atoms with E-state index >= 15 is 0 Å². The molecule has 1 heterocycles. The molecular formula is C17H17ClF2N2O2. The molecule has 3 rings (SSSR count). The van der Waals surface area contributed by atoms with Crippen LogP contribution in [0.4, 0.5) is 8.78 Å². The Kier molecular flexibility index (Phi) is 5.35. The Balaban J connectivity index is 1.90. The van der Waals surface area contributed by atoms with Crippen molar-refractivity contribution in [3.05, 3.63) is 40.9 Å². The fourth-order valence-electron chi connectivity index (χ4n) is 2.44. The Morgan fingerprint density at radius 3 is 2.79 bits per heavy atom. The van der Waals surface area contributed by atoms with Gasteiger partial charge in [-0.15, -0.1) is 0 Å². The van der Waals surface area contributed by atoms with Crippen LogP contribution in [-0.4, -0.2) is 23.2 Å². The number of halogens is 3. The number of benzene rings is 1. The number of hydrogen-bond acceptors (Lipinski definition) is 3. The van der Waals surface area contributed by atoms with Crippen LogP contribution in [0.5, 0.6) is 11.5 Å². The van der Waals surface area contributed by atoms with Crippen molar-refractivity contribution in [2.75, 3.05) is 6.61 Å². The molecule has 128 valence electrons. The smallest absolute Gasteiger partial charge is 0.387 e. The second kappa shape index (κ2) is 7.66. The zero-order valence-corrected chi connectivity index (χ0v) is 13.6. The standard InChI is InChI=1S/C17H17ClF2N2O2/c18-13-5-6-14(24-17(19)20)16(23-10-11-2-1-3-11)12(13)4-7-15-21-8-9-22-15/h4-9,11,17H,1-3,10H2,(H,21,22)/b7-4+. The van der Waals surface area contributed by atoms with E-state index in [-0.39, 0.29) is 11.5 Å². The van der Waals surface area contributed by atoms with Crippen molar-refractivity contribution in [1.82, 2.24) is 9.97 Å². The summed E-state index contributed by atoms with van der Waals surface area (Å²) in [6.07, 6.45) is 10.0. The Morgan fingerprint density at radius 1 is 1.33 bits per heavy atom. The molecule has 4 nitrogen and oxygen atoms in total. The molecule has 0 atom stereocenters. The predicted molar refractivity (Wildman–Crippen MR) is 88.4 cm³/mol. The third-order valence-electron chi connectivity index (χ3n) is 3.94. The maximum atomic E-state index is 12.7. The van der Waals surface area contributed by atoms with E-state index in [0.29, 0.717) is 28.9 Å². The number of alkyl halides is 2. The first-order valence-corrected chi connectivity index (χ1v) is 8.09. The van der Waals surface area contributed by atoms with Crippen molar-refractivity contribution in [3.63, 3.8) is 0 Å². The number of aromatic nitrogens is 2. The SMILES string of the molecule is FC(F)Oc1ccc(Cl)c(/C=C/c2ncc[nH]2)c1OCC1CCC1. The molecule has 0 aliphatic heterocycles. The fourth-order valence-corrected chi connectivity index (χ4v) is 2.65. The van der Waals surface area contributed by atoms with Gasteiger partial charge < -0.3 is 14.5 Å². The number of rotatable bonds is 7. The van der Waals surface area contributed by atoms with Crippen LogP contribution >= 0.6 is 11.6 Å². The zero-order valence-electron chi connectivity index (χ0n) is 12.8. The highest BCUT2D eigenvalue weighted by Crippen LogP contribution is 2.39. The van der Waals surface area contributed by atoms with E-state index in [1.807, 2.05) is 0 Å². The average molecular weight is 355 g/mol. The fraction of sp³-hybridized carbons (Fsp3) is 0.353. The van der Waals surface area contributed by atoms with Crippen LogP contribution in [0, 0.1) is 5.92 Å². The molecule has 0 radical (unpaired) electrons. The Morgan fingerprint density at radius 2 is 2.17 bits per heavy atom. The first kappa shape index (κ1) is 16.8.